The minimum absolute atomic E-state index is 0. The zero-order valence-corrected chi connectivity index (χ0v) is 21.0. The molecule has 0 heterocycles. The van der Waals surface area contributed by atoms with Crippen LogP contribution in [0.5, 0.6) is 0 Å². The van der Waals surface area contributed by atoms with Crippen LogP contribution in [0, 0.1) is 0 Å². The molecular formula is C12H28FeO4P2S4. The van der Waals surface area contributed by atoms with Crippen molar-refractivity contribution in [3.05, 3.63) is 0 Å². The van der Waals surface area contributed by atoms with E-state index >= 15 is 0 Å². The van der Waals surface area contributed by atoms with E-state index in [1.807, 2.05) is 55.4 Å². The van der Waals surface area contributed by atoms with Crippen LogP contribution in [0.15, 0.2) is 0 Å². The summed E-state index contributed by atoms with van der Waals surface area (Å²) < 4.78 is 10.2. The molecule has 0 amide bonds. The average molecular weight is 482 g/mol. The number of hydrogen-bond donors (Lipinski definition) is 0. The van der Waals surface area contributed by atoms with Gasteiger partial charge in [0.25, 0.3) is 0 Å². The fraction of sp³-hybridized carbons (Fsp3) is 1.00. The molecule has 0 spiro atoms. The van der Waals surface area contributed by atoms with Gasteiger partial charge in [0.15, 0.2) is 0 Å². The second-order valence-corrected chi connectivity index (χ2v) is 18.4. The Hall–Kier alpha value is 2.36. The zero-order chi connectivity index (χ0) is 18.1. The molecule has 0 saturated carbocycles. The van der Waals surface area contributed by atoms with Crippen LogP contribution >= 0.6 is 34.2 Å². The summed E-state index contributed by atoms with van der Waals surface area (Å²) in [6.07, 6.45) is -0.103. The maximum absolute atomic E-state index is 11.4. The fourth-order valence-electron chi connectivity index (χ4n) is 1.08. The molecule has 2 atom stereocenters. The van der Waals surface area contributed by atoms with E-state index < -0.39 is 11.4 Å². The van der Waals surface area contributed by atoms with E-state index in [2.05, 4.69) is 0 Å². The van der Waals surface area contributed by atoms with E-state index in [-0.39, 0.29) is 39.8 Å². The Balaban J connectivity index is -0.000000333. The number of rotatable bonds is 8. The minimum Gasteiger partial charge on any atom is -0.793 e. The first-order valence-corrected chi connectivity index (χ1v) is 15.3. The Labute approximate surface area is 171 Å². The van der Waals surface area contributed by atoms with Crippen LogP contribution < -0.4 is 9.79 Å². The summed E-state index contributed by atoms with van der Waals surface area (Å²) in [5, 5.41) is 0.522. The fourth-order valence-corrected chi connectivity index (χ4v) is 11.8. The molecule has 0 saturated heterocycles. The van der Waals surface area contributed by atoms with Crippen molar-refractivity contribution in [2.75, 3.05) is 0 Å². The van der Waals surface area contributed by atoms with Gasteiger partial charge in [-0.3, -0.25) is 0 Å². The summed E-state index contributed by atoms with van der Waals surface area (Å²) in [7, 11) is 0. The van der Waals surface area contributed by atoms with E-state index in [4.69, 9.17) is 32.7 Å². The van der Waals surface area contributed by atoms with Gasteiger partial charge in [0.1, 0.15) is 0 Å². The maximum Gasteiger partial charge on any atom is 2.00 e. The van der Waals surface area contributed by atoms with E-state index in [0.29, 0.717) is 0 Å². The third-order valence-electron chi connectivity index (χ3n) is 1.36. The SMILES string of the molecule is CC(C)OP([O-])(=S)SC(C)C.CC(C)OP([O-])(=S)SC(C)C.[Fe+2]. The summed E-state index contributed by atoms with van der Waals surface area (Å²) in [6.45, 7) is 15.1. The van der Waals surface area contributed by atoms with Crippen molar-refractivity contribution in [2.24, 2.45) is 0 Å². The van der Waals surface area contributed by atoms with Crippen LogP contribution in [0.2, 0.25) is 0 Å². The van der Waals surface area contributed by atoms with Gasteiger partial charge in [-0.15, -0.1) is 22.8 Å². The van der Waals surface area contributed by atoms with E-state index in [1.165, 1.54) is 22.8 Å². The third-order valence-corrected chi connectivity index (χ3v) is 10.7. The molecule has 23 heavy (non-hydrogen) atoms. The van der Waals surface area contributed by atoms with Gasteiger partial charge in [-0.1, -0.05) is 51.3 Å². The molecule has 0 aromatic rings. The second-order valence-electron chi connectivity index (χ2n) is 5.51. The minimum atomic E-state index is -2.80. The Morgan fingerprint density at radius 3 is 1.04 bits per heavy atom. The van der Waals surface area contributed by atoms with E-state index in [1.54, 1.807) is 0 Å². The summed E-state index contributed by atoms with van der Waals surface area (Å²) in [4.78, 5) is 22.8. The van der Waals surface area contributed by atoms with Crippen molar-refractivity contribution < 1.29 is 35.9 Å². The molecule has 0 aromatic heterocycles. The van der Waals surface area contributed by atoms with Crippen LogP contribution in [0.3, 0.4) is 0 Å². The van der Waals surface area contributed by atoms with Crippen LogP contribution in [0.4, 0.5) is 0 Å². The Kier molecular flexibility index (Phi) is 18.9. The predicted molar refractivity (Wildman–Crippen MR) is 106 cm³/mol. The second kappa shape index (κ2) is 14.4. The normalized spacial score (nSPS) is 16.6. The Morgan fingerprint density at radius 1 is 0.696 bits per heavy atom. The van der Waals surface area contributed by atoms with E-state index in [9.17, 15) is 9.79 Å². The van der Waals surface area contributed by atoms with Crippen LogP contribution in [0.25, 0.3) is 0 Å². The first kappa shape index (κ1) is 30.1. The van der Waals surface area contributed by atoms with Crippen molar-refractivity contribution in [1.29, 1.82) is 0 Å². The summed E-state index contributed by atoms with van der Waals surface area (Å²) >= 11 is 12.1. The van der Waals surface area contributed by atoms with Crippen molar-refractivity contribution in [2.45, 2.75) is 78.1 Å². The van der Waals surface area contributed by atoms with Crippen molar-refractivity contribution in [1.82, 2.24) is 0 Å². The van der Waals surface area contributed by atoms with Crippen molar-refractivity contribution in [3.63, 3.8) is 0 Å². The van der Waals surface area contributed by atoms with Crippen molar-refractivity contribution >= 4 is 57.8 Å². The molecule has 0 aromatic carbocycles. The van der Waals surface area contributed by atoms with Gasteiger partial charge >= 0.3 is 17.1 Å². The van der Waals surface area contributed by atoms with E-state index in [0.717, 1.165) is 0 Å². The Morgan fingerprint density at radius 2 is 0.913 bits per heavy atom. The summed E-state index contributed by atoms with van der Waals surface area (Å²) in [5.41, 5.74) is -5.61. The molecule has 0 radical (unpaired) electrons. The van der Waals surface area contributed by atoms with Gasteiger partial charge < -0.3 is 18.8 Å². The molecule has 0 fully saturated rings. The molecule has 0 aliphatic carbocycles. The molecule has 2 unspecified atom stereocenters. The molecule has 0 aliphatic rings. The molecule has 0 bridgehead atoms. The number of hydrogen-bond acceptors (Lipinski definition) is 8. The van der Waals surface area contributed by atoms with Crippen LogP contribution in [-0.2, 0) is 49.7 Å². The van der Waals surface area contributed by atoms with Gasteiger partial charge in [0.2, 0.25) is 0 Å². The summed E-state index contributed by atoms with van der Waals surface area (Å²) in [5.74, 6) is 0. The molecule has 0 rings (SSSR count). The topological polar surface area (TPSA) is 64.6 Å². The first-order valence-electron chi connectivity index (χ1n) is 7.02. The third kappa shape index (κ3) is 24.4. The van der Waals surface area contributed by atoms with Gasteiger partial charge in [0.05, 0.1) is 12.2 Å². The smallest absolute Gasteiger partial charge is 0.793 e. The van der Waals surface area contributed by atoms with Crippen molar-refractivity contribution in [3.8, 4) is 0 Å². The first-order chi connectivity index (χ1) is 9.67. The van der Waals surface area contributed by atoms with Gasteiger partial charge in [0, 0.05) is 21.9 Å². The molecular weight excluding hydrogens is 454 g/mol. The molecule has 11 heteroatoms. The predicted octanol–water partition coefficient (Wildman–Crippen LogP) is 4.27. The van der Waals surface area contributed by atoms with Crippen LogP contribution in [0.1, 0.15) is 55.4 Å². The molecule has 0 N–H and O–H groups in total. The summed E-state index contributed by atoms with van der Waals surface area (Å²) in [6, 6.07) is 0. The van der Waals surface area contributed by atoms with Gasteiger partial charge in [-0.05, 0) is 27.7 Å². The maximum atomic E-state index is 11.4. The molecule has 142 valence electrons. The Bertz CT molecular complexity index is 331. The van der Waals surface area contributed by atoms with Gasteiger partial charge in [-0.25, -0.2) is 0 Å². The zero-order valence-electron chi connectivity index (χ0n) is 14.8. The quantitative estimate of drug-likeness (QED) is 0.376. The molecule has 0 aliphatic heterocycles. The van der Waals surface area contributed by atoms with Gasteiger partial charge in [-0.2, -0.15) is 0 Å². The largest absolute Gasteiger partial charge is 2.00 e. The monoisotopic (exact) mass is 482 g/mol. The van der Waals surface area contributed by atoms with Crippen LogP contribution in [-0.4, -0.2) is 22.7 Å². The average Bonchev–Trinajstić information content (AvgIpc) is 2.06. The standard InChI is InChI=1S/2C6H15O2PS2.Fe/c2*1-5(2)8-9(7,10)11-6(3)4;/h2*5-6H,1-4H3,(H,7,10);/q;;+2/p-2. The molecule has 4 nitrogen and oxygen atoms in total.